The predicted molar refractivity (Wildman–Crippen MR) is 78.0 cm³/mol. The Morgan fingerprint density at radius 2 is 2.14 bits per heavy atom. The fourth-order valence-electron chi connectivity index (χ4n) is 2.05. The molecule has 3 N–H and O–H groups in total. The zero-order valence-electron chi connectivity index (χ0n) is 11.1. The van der Waals surface area contributed by atoms with E-state index in [0.29, 0.717) is 5.02 Å². The van der Waals surface area contributed by atoms with Crippen molar-refractivity contribution in [2.45, 2.75) is 34.7 Å². The van der Waals surface area contributed by atoms with Crippen molar-refractivity contribution < 1.29 is 24.4 Å². The van der Waals surface area contributed by atoms with Crippen molar-refractivity contribution in [2.24, 2.45) is 5.11 Å². The van der Waals surface area contributed by atoms with E-state index in [4.69, 9.17) is 21.9 Å². The highest BCUT2D eigenvalue weighted by molar-refractivity contribution is 7.99. The summed E-state index contributed by atoms with van der Waals surface area (Å²) in [6.45, 7) is -0.541. The maximum atomic E-state index is 13.8. The third-order valence-corrected chi connectivity index (χ3v) is 4.59. The SMILES string of the molecule is [N-]=[N+]=N[C@@H]1C(O)[C@@H](Sc2cc(Cl)ccc2F)OC(CO)[C@@H]1O. The van der Waals surface area contributed by atoms with E-state index in [2.05, 4.69) is 10.0 Å². The van der Waals surface area contributed by atoms with Gasteiger partial charge in [-0.1, -0.05) is 28.5 Å². The minimum absolute atomic E-state index is 0.129. The summed E-state index contributed by atoms with van der Waals surface area (Å²) in [4.78, 5) is 2.69. The van der Waals surface area contributed by atoms with Crippen LogP contribution in [0.4, 0.5) is 4.39 Å². The number of halogens is 2. The van der Waals surface area contributed by atoms with E-state index in [0.717, 1.165) is 11.8 Å². The summed E-state index contributed by atoms with van der Waals surface area (Å²) in [5, 5.41) is 32.9. The first kappa shape index (κ1) is 17.3. The Bertz CT molecular complexity index is 589. The fraction of sp³-hybridized carbons (Fsp3) is 0.500. The summed E-state index contributed by atoms with van der Waals surface area (Å²) in [5.74, 6) is -0.558. The second-order valence-corrected chi connectivity index (χ2v) is 6.17. The molecule has 0 radical (unpaired) electrons. The maximum absolute atomic E-state index is 13.8. The minimum Gasteiger partial charge on any atom is -0.394 e. The quantitative estimate of drug-likeness (QED) is 0.434. The topological polar surface area (TPSA) is 119 Å². The number of hydrogen-bond donors (Lipinski definition) is 3. The van der Waals surface area contributed by atoms with Crippen LogP contribution in [0.1, 0.15) is 0 Å². The van der Waals surface area contributed by atoms with Crippen LogP contribution in [0.15, 0.2) is 28.2 Å². The Balaban J connectivity index is 2.25. The lowest BCUT2D eigenvalue weighted by molar-refractivity contribution is -0.159. The number of benzene rings is 1. The lowest BCUT2D eigenvalue weighted by Gasteiger charge is -2.40. The van der Waals surface area contributed by atoms with Crippen LogP contribution in [0.25, 0.3) is 10.4 Å². The molecule has 2 rings (SSSR count). The molecule has 1 heterocycles. The van der Waals surface area contributed by atoms with Crippen molar-refractivity contribution in [3.63, 3.8) is 0 Å². The molecule has 0 bridgehead atoms. The minimum atomic E-state index is -1.38. The molecular weight excluding hydrogens is 337 g/mol. The molecule has 1 aliphatic rings. The van der Waals surface area contributed by atoms with Crippen molar-refractivity contribution in [1.82, 2.24) is 0 Å². The number of azide groups is 1. The van der Waals surface area contributed by atoms with Gasteiger partial charge in [0.05, 0.1) is 18.8 Å². The molecule has 1 saturated heterocycles. The van der Waals surface area contributed by atoms with Crippen LogP contribution < -0.4 is 0 Å². The van der Waals surface area contributed by atoms with Crippen LogP contribution in [0.5, 0.6) is 0 Å². The molecule has 1 aromatic rings. The van der Waals surface area contributed by atoms with Crippen molar-refractivity contribution in [3.8, 4) is 0 Å². The molecule has 1 aromatic carbocycles. The van der Waals surface area contributed by atoms with Gasteiger partial charge in [0.25, 0.3) is 0 Å². The molecule has 0 spiro atoms. The van der Waals surface area contributed by atoms with E-state index < -0.39 is 42.2 Å². The molecule has 5 atom stereocenters. The highest BCUT2D eigenvalue weighted by Gasteiger charge is 2.44. The largest absolute Gasteiger partial charge is 0.394 e. The number of nitrogens with zero attached hydrogens (tertiary/aromatic N) is 3. The fourth-order valence-corrected chi connectivity index (χ4v) is 3.42. The van der Waals surface area contributed by atoms with Gasteiger partial charge in [-0.2, -0.15) is 0 Å². The molecule has 7 nitrogen and oxygen atoms in total. The second kappa shape index (κ2) is 7.47. The predicted octanol–water partition coefficient (Wildman–Crippen LogP) is 1.69. The van der Waals surface area contributed by atoms with Crippen LogP contribution in [0.3, 0.4) is 0 Å². The smallest absolute Gasteiger partial charge is 0.136 e. The van der Waals surface area contributed by atoms with Crippen LogP contribution in [0, 0.1) is 5.82 Å². The van der Waals surface area contributed by atoms with E-state index in [9.17, 15) is 19.7 Å². The summed E-state index contributed by atoms with van der Waals surface area (Å²) in [7, 11) is 0. The number of aliphatic hydroxyl groups is 3. The number of aliphatic hydroxyl groups excluding tert-OH is 3. The molecule has 0 amide bonds. The molecule has 120 valence electrons. The van der Waals surface area contributed by atoms with Crippen molar-refractivity contribution in [1.29, 1.82) is 0 Å². The van der Waals surface area contributed by atoms with E-state index in [1.54, 1.807) is 0 Å². The van der Waals surface area contributed by atoms with Gasteiger partial charge in [0.15, 0.2) is 0 Å². The number of rotatable bonds is 4. The van der Waals surface area contributed by atoms with Crippen LogP contribution >= 0.6 is 23.4 Å². The van der Waals surface area contributed by atoms with Crippen molar-refractivity contribution >= 4 is 23.4 Å². The molecule has 1 fully saturated rings. The Kier molecular flexibility index (Phi) is 5.87. The Morgan fingerprint density at radius 1 is 1.41 bits per heavy atom. The van der Waals surface area contributed by atoms with Crippen molar-refractivity contribution in [2.75, 3.05) is 6.61 Å². The van der Waals surface area contributed by atoms with Crippen LogP contribution in [-0.2, 0) is 4.74 Å². The highest BCUT2D eigenvalue weighted by Crippen LogP contribution is 2.36. The zero-order valence-corrected chi connectivity index (χ0v) is 12.7. The number of thioether (sulfide) groups is 1. The van der Waals surface area contributed by atoms with Gasteiger partial charge in [-0.3, -0.25) is 0 Å². The summed E-state index contributed by atoms with van der Waals surface area (Å²) < 4.78 is 19.1. The van der Waals surface area contributed by atoms with Gasteiger partial charge >= 0.3 is 0 Å². The second-order valence-electron chi connectivity index (χ2n) is 4.59. The first-order chi connectivity index (χ1) is 10.5. The van der Waals surface area contributed by atoms with E-state index in [1.165, 1.54) is 18.2 Å². The lowest BCUT2D eigenvalue weighted by Crippen LogP contribution is -2.56. The van der Waals surface area contributed by atoms with Gasteiger partial charge in [0, 0.05) is 14.8 Å². The standard InChI is InChI=1S/C12H13ClFN3O4S/c13-5-1-2-6(14)8(3-5)22-12-11(20)9(16-17-15)10(19)7(4-18)21-12/h1-3,7,9-12,18-20H,4H2/t7?,9-,10-,11?,12+/m0/s1. The molecular formula is C12H13ClFN3O4S. The molecule has 0 aromatic heterocycles. The number of hydrogen-bond acceptors (Lipinski definition) is 6. The summed E-state index contributed by atoms with van der Waals surface area (Å²) >= 11 is 6.63. The Labute approximate surface area is 134 Å². The first-order valence-corrected chi connectivity index (χ1v) is 7.52. The van der Waals surface area contributed by atoms with Crippen molar-refractivity contribution in [3.05, 3.63) is 39.5 Å². The lowest BCUT2D eigenvalue weighted by atomic mass is 9.98. The average molecular weight is 350 g/mol. The zero-order chi connectivity index (χ0) is 16.3. The van der Waals surface area contributed by atoms with Gasteiger partial charge in [0.1, 0.15) is 23.5 Å². The van der Waals surface area contributed by atoms with E-state index >= 15 is 0 Å². The normalized spacial score (nSPS) is 31.6. The molecule has 0 saturated carbocycles. The molecule has 22 heavy (non-hydrogen) atoms. The van der Waals surface area contributed by atoms with Gasteiger partial charge in [-0.05, 0) is 23.7 Å². The van der Waals surface area contributed by atoms with Gasteiger partial charge in [0.2, 0.25) is 0 Å². The number of ether oxygens (including phenoxy) is 1. The Hall–Kier alpha value is -1.06. The third kappa shape index (κ3) is 3.64. The molecule has 2 unspecified atom stereocenters. The average Bonchev–Trinajstić information content (AvgIpc) is 2.50. The van der Waals surface area contributed by atoms with E-state index in [1.807, 2.05) is 0 Å². The summed E-state index contributed by atoms with van der Waals surface area (Å²) in [6.07, 6.45) is -3.80. The molecule has 0 aliphatic carbocycles. The first-order valence-electron chi connectivity index (χ1n) is 6.26. The van der Waals surface area contributed by atoms with Gasteiger partial charge < -0.3 is 20.1 Å². The molecule has 10 heteroatoms. The van der Waals surface area contributed by atoms with Crippen LogP contribution in [-0.4, -0.2) is 51.7 Å². The van der Waals surface area contributed by atoms with Gasteiger partial charge in [-0.25, -0.2) is 4.39 Å². The monoisotopic (exact) mass is 349 g/mol. The maximum Gasteiger partial charge on any atom is 0.136 e. The Morgan fingerprint density at radius 3 is 2.77 bits per heavy atom. The summed E-state index contributed by atoms with van der Waals surface area (Å²) in [5.41, 5.74) is 7.48. The van der Waals surface area contributed by atoms with Crippen LogP contribution in [0.2, 0.25) is 5.02 Å². The summed E-state index contributed by atoms with van der Waals surface area (Å²) in [6, 6.07) is 2.69. The highest BCUT2D eigenvalue weighted by atomic mass is 35.5. The van der Waals surface area contributed by atoms with Gasteiger partial charge in [-0.15, -0.1) is 0 Å². The van der Waals surface area contributed by atoms with E-state index in [-0.39, 0.29) is 4.90 Å². The third-order valence-electron chi connectivity index (χ3n) is 3.17. The molecule has 1 aliphatic heterocycles.